The number of likely N-dealkylation sites (tertiary alicyclic amines) is 1. The van der Waals surface area contributed by atoms with Crippen LogP contribution in [0.5, 0.6) is 0 Å². The molecule has 1 aliphatic rings. The van der Waals surface area contributed by atoms with Crippen LogP contribution in [0.1, 0.15) is 44.4 Å². The topological polar surface area (TPSA) is 33.2 Å². The van der Waals surface area contributed by atoms with Crippen LogP contribution in [0.3, 0.4) is 0 Å². The molecule has 110 valence electrons. The van der Waals surface area contributed by atoms with Gasteiger partial charge in [0.15, 0.2) is 0 Å². The smallest absolute Gasteiger partial charge is 0.137 e. The van der Waals surface area contributed by atoms with Crippen molar-refractivity contribution < 1.29 is 4.79 Å². The number of Topliss-reactive ketones (excluding diaryl/α,β-unsaturated/α-hetero) is 1. The first-order valence-electron chi connectivity index (χ1n) is 7.72. The second-order valence-corrected chi connectivity index (χ2v) is 6.39. The monoisotopic (exact) mass is 274 g/mol. The molecule has 1 aromatic heterocycles. The Labute approximate surface area is 122 Å². The lowest BCUT2D eigenvalue weighted by atomic mass is 9.89. The van der Waals surface area contributed by atoms with Crippen molar-refractivity contribution in [3.05, 3.63) is 29.6 Å². The summed E-state index contributed by atoms with van der Waals surface area (Å²) in [5.74, 6) is 1.16. The molecule has 1 aromatic rings. The Morgan fingerprint density at radius 1 is 1.50 bits per heavy atom. The number of piperidine rings is 1. The van der Waals surface area contributed by atoms with Gasteiger partial charge in [0.2, 0.25) is 0 Å². The molecular weight excluding hydrogens is 248 g/mol. The van der Waals surface area contributed by atoms with Crippen LogP contribution in [-0.2, 0) is 11.3 Å². The number of hydrogen-bond donors (Lipinski definition) is 0. The van der Waals surface area contributed by atoms with Crippen molar-refractivity contribution in [1.29, 1.82) is 0 Å². The maximum atomic E-state index is 12.2. The van der Waals surface area contributed by atoms with Crippen LogP contribution in [0, 0.1) is 18.8 Å². The Kier molecular flexibility index (Phi) is 5.30. The highest BCUT2D eigenvalue weighted by atomic mass is 16.1. The molecule has 3 nitrogen and oxygen atoms in total. The number of aromatic nitrogens is 1. The summed E-state index contributed by atoms with van der Waals surface area (Å²) in [5, 5.41) is 0. The van der Waals surface area contributed by atoms with Crippen LogP contribution in [0.25, 0.3) is 0 Å². The Balaban J connectivity index is 1.94. The van der Waals surface area contributed by atoms with Gasteiger partial charge < -0.3 is 0 Å². The Bertz CT molecular complexity index is 456. The van der Waals surface area contributed by atoms with Gasteiger partial charge in [0.1, 0.15) is 5.78 Å². The minimum absolute atomic E-state index is 0.239. The van der Waals surface area contributed by atoms with E-state index in [2.05, 4.69) is 36.7 Å². The first-order valence-corrected chi connectivity index (χ1v) is 7.72. The van der Waals surface area contributed by atoms with E-state index >= 15 is 0 Å². The molecule has 0 spiro atoms. The number of ketones is 1. The normalized spacial score (nSPS) is 20.3. The highest BCUT2D eigenvalue weighted by Crippen LogP contribution is 2.22. The quantitative estimate of drug-likeness (QED) is 0.826. The van der Waals surface area contributed by atoms with Crippen LogP contribution in [0.4, 0.5) is 0 Å². The van der Waals surface area contributed by atoms with Crippen LogP contribution >= 0.6 is 0 Å². The molecular formula is C17H26N2O. The van der Waals surface area contributed by atoms with Crippen molar-refractivity contribution in [2.45, 2.75) is 46.6 Å². The Morgan fingerprint density at radius 3 is 3.00 bits per heavy atom. The maximum Gasteiger partial charge on any atom is 0.137 e. The highest BCUT2D eigenvalue weighted by molar-refractivity contribution is 5.81. The molecule has 0 bridgehead atoms. The molecule has 1 atom stereocenters. The summed E-state index contributed by atoms with van der Waals surface area (Å²) in [5.41, 5.74) is 2.38. The summed E-state index contributed by atoms with van der Waals surface area (Å²) in [6.45, 7) is 9.24. The minimum atomic E-state index is 0.239. The average Bonchev–Trinajstić information content (AvgIpc) is 2.41. The molecule has 0 N–H and O–H groups in total. The van der Waals surface area contributed by atoms with Crippen LogP contribution in [0.15, 0.2) is 18.3 Å². The van der Waals surface area contributed by atoms with Gasteiger partial charge in [-0.15, -0.1) is 0 Å². The van der Waals surface area contributed by atoms with Gasteiger partial charge in [-0.1, -0.05) is 19.9 Å². The largest absolute Gasteiger partial charge is 0.299 e. The van der Waals surface area contributed by atoms with E-state index in [1.165, 1.54) is 5.56 Å². The summed E-state index contributed by atoms with van der Waals surface area (Å²) in [6, 6.07) is 4.13. The van der Waals surface area contributed by atoms with Gasteiger partial charge in [-0.2, -0.15) is 0 Å². The molecule has 0 amide bonds. The van der Waals surface area contributed by atoms with Gasteiger partial charge in [-0.05, 0) is 43.9 Å². The standard InChI is InChI=1S/C17H26N2O/c1-13(2)10-17(20)16-7-5-9-19(12-16)11-15-6-4-8-18-14(15)3/h4,6,8,13,16H,5,7,9-12H2,1-3H3. The second-order valence-electron chi connectivity index (χ2n) is 6.39. The van der Waals surface area contributed by atoms with E-state index in [4.69, 9.17) is 0 Å². The zero-order valence-corrected chi connectivity index (χ0v) is 12.9. The first kappa shape index (κ1) is 15.2. The van der Waals surface area contributed by atoms with Gasteiger partial charge in [-0.25, -0.2) is 0 Å². The molecule has 3 heteroatoms. The lowest BCUT2D eigenvalue weighted by Crippen LogP contribution is -2.38. The fraction of sp³-hybridized carbons (Fsp3) is 0.647. The zero-order chi connectivity index (χ0) is 14.5. The molecule has 0 aliphatic carbocycles. The van der Waals surface area contributed by atoms with E-state index in [1.54, 1.807) is 0 Å². The molecule has 1 unspecified atom stereocenters. The summed E-state index contributed by atoms with van der Waals surface area (Å²) in [7, 11) is 0. The van der Waals surface area contributed by atoms with Crippen LogP contribution in [-0.4, -0.2) is 28.8 Å². The van der Waals surface area contributed by atoms with Crippen molar-refractivity contribution in [3.8, 4) is 0 Å². The van der Waals surface area contributed by atoms with E-state index in [-0.39, 0.29) is 5.92 Å². The highest BCUT2D eigenvalue weighted by Gasteiger charge is 2.26. The summed E-state index contributed by atoms with van der Waals surface area (Å²) in [4.78, 5) is 19.0. The maximum absolute atomic E-state index is 12.2. The number of nitrogens with zero attached hydrogens (tertiary/aromatic N) is 2. The van der Waals surface area contributed by atoms with E-state index in [0.717, 1.165) is 44.6 Å². The molecule has 0 saturated carbocycles. The predicted octanol–water partition coefficient (Wildman–Crippen LogP) is 3.22. The summed E-state index contributed by atoms with van der Waals surface area (Å²) < 4.78 is 0. The van der Waals surface area contributed by atoms with E-state index in [0.29, 0.717) is 11.7 Å². The molecule has 2 heterocycles. The number of carbonyl (C=O) groups excluding carboxylic acids is 1. The van der Waals surface area contributed by atoms with Crippen LogP contribution in [0.2, 0.25) is 0 Å². The third-order valence-electron chi connectivity index (χ3n) is 4.08. The van der Waals surface area contributed by atoms with Gasteiger partial charge >= 0.3 is 0 Å². The van der Waals surface area contributed by atoms with Gasteiger partial charge in [0.05, 0.1) is 0 Å². The second kappa shape index (κ2) is 6.98. The number of hydrogen-bond acceptors (Lipinski definition) is 3. The van der Waals surface area contributed by atoms with Crippen molar-refractivity contribution in [1.82, 2.24) is 9.88 Å². The average molecular weight is 274 g/mol. The number of carbonyl (C=O) groups is 1. The number of rotatable bonds is 5. The first-order chi connectivity index (χ1) is 9.56. The lowest BCUT2D eigenvalue weighted by molar-refractivity contribution is -0.125. The van der Waals surface area contributed by atoms with E-state index in [9.17, 15) is 4.79 Å². The zero-order valence-electron chi connectivity index (χ0n) is 12.9. The third kappa shape index (κ3) is 4.14. The molecule has 20 heavy (non-hydrogen) atoms. The van der Waals surface area contributed by atoms with E-state index < -0.39 is 0 Å². The fourth-order valence-electron chi connectivity index (χ4n) is 2.96. The van der Waals surface area contributed by atoms with Crippen molar-refractivity contribution in [3.63, 3.8) is 0 Å². The Morgan fingerprint density at radius 2 is 2.30 bits per heavy atom. The molecule has 0 radical (unpaired) electrons. The van der Waals surface area contributed by atoms with Gasteiger partial charge in [0.25, 0.3) is 0 Å². The SMILES string of the molecule is Cc1ncccc1CN1CCCC(C(=O)CC(C)C)C1. The number of aryl methyl sites for hydroxylation is 1. The van der Waals surface area contributed by atoms with Gasteiger partial charge in [-0.3, -0.25) is 14.7 Å². The van der Waals surface area contributed by atoms with Gasteiger partial charge in [0, 0.05) is 37.3 Å². The molecule has 1 saturated heterocycles. The third-order valence-corrected chi connectivity index (χ3v) is 4.08. The fourth-order valence-corrected chi connectivity index (χ4v) is 2.96. The van der Waals surface area contributed by atoms with Crippen molar-refractivity contribution in [2.75, 3.05) is 13.1 Å². The lowest BCUT2D eigenvalue weighted by Gasteiger charge is -2.32. The minimum Gasteiger partial charge on any atom is -0.299 e. The Hall–Kier alpha value is -1.22. The predicted molar refractivity (Wildman–Crippen MR) is 81.4 cm³/mol. The number of pyridine rings is 1. The molecule has 0 aromatic carbocycles. The molecule has 1 aliphatic heterocycles. The molecule has 2 rings (SSSR count). The molecule has 1 fully saturated rings. The van der Waals surface area contributed by atoms with Crippen LogP contribution < -0.4 is 0 Å². The van der Waals surface area contributed by atoms with Crippen molar-refractivity contribution >= 4 is 5.78 Å². The van der Waals surface area contributed by atoms with Crippen molar-refractivity contribution in [2.24, 2.45) is 11.8 Å². The van der Waals surface area contributed by atoms with E-state index in [1.807, 2.05) is 12.3 Å². The summed E-state index contributed by atoms with van der Waals surface area (Å²) in [6.07, 6.45) is 4.76. The summed E-state index contributed by atoms with van der Waals surface area (Å²) >= 11 is 0.